The molecule has 0 amide bonds. The third-order valence-electron chi connectivity index (χ3n) is 4.80. The largest absolute Gasteiger partial charge is 0.504 e. The molecule has 4 nitrogen and oxygen atoms in total. The van der Waals surface area contributed by atoms with E-state index >= 15 is 0 Å². The fourth-order valence-corrected chi connectivity index (χ4v) is 2.99. The number of nitrogens with zero attached hydrogens (tertiary/aromatic N) is 2. The van der Waals surface area contributed by atoms with Crippen LogP contribution >= 0.6 is 0 Å². The standard InChI is InChI=1S/C17H28N2O2/c1-5-13(2)18-8-10-19(11-9-18)14(3)15-6-7-16(20)17(12-15)21-4/h6-7,12-14,20H,5,8-11H2,1-4H3. The summed E-state index contributed by atoms with van der Waals surface area (Å²) in [6.45, 7) is 11.2. The van der Waals surface area contributed by atoms with Crippen LogP contribution in [0.25, 0.3) is 0 Å². The lowest BCUT2D eigenvalue weighted by atomic mass is 10.0. The highest BCUT2D eigenvalue weighted by atomic mass is 16.5. The first-order valence-electron chi connectivity index (χ1n) is 7.91. The van der Waals surface area contributed by atoms with Gasteiger partial charge in [-0.1, -0.05) is 13.0 Å². The summed E-state index contributed by atoms with van der Waals surface area (Å²) in [5.74, 6) is 0.757. The summed E-state index contributed by atoms with van der Waals surface area (Å²) in [6, 6.07) is 6.68. The van der Waals surface area contributed by atoms with Gasteiger partial charge in [0.2, 0.25) is 0 Å². The maximum Gasteiger partial charge on any atom is 0.160 e. The Labute approximate surface area is 128 Å². The Morgan fingerprint density at radius 3 is 2.33 bits per heavy atom. The predicted octanol–water partition coefficient (Wildman–Crippen LogP) is 2.88. The zero-order chi connectivity index (χ0) is 15.4. The van der Waals surface area contributed by atoms with Gasteiger partial charge in [-0.3, -0.25) is 9.80 Å². The first kappa shape index (κ1) is 16.1. The fourth-order valence-electron chi connectivity index (χ4n) is 2.99. The van der Waals surface area contributed by atoms with Gasteiger partial charge in [0, 0.05) is 38.3 Å². The normalized spacial score (nSPS) is 20.2. The van der Waals surface area contributed by atoms with E-state index in [0.717, 1.165) is 26.2 Å². The number of benzene rings is 1. The lowest BCUT2D eigenvalue weighted by molar-refractivity contribution is 0.0772. The number of methoxy groups -OCH3 is 1. The van der Waals surface area contributed by atoms with Crippen LogP contribution < -0.4 is 4.74 Å². The maximum atomic E-state index is 9.70. The van der Waals surface area contributed by atoms with E-state index in [1.807, 2.05) is 12.1 Å². The van der Waals surface area contributed by atoms with Crippen molar-refractivity contribution in [3.8, 4) is 11.5 Å². The SMILES string of the molecule is CCC(C)N1CCN(C(C)c2ccc(O)c(OC)c2)CC1. The molecule has 2 unspecified atom stereocenters. The van der Waals surface area contributed by atoms with Crippen LogP contribution in [0.5, 0.6) is 11.5 Å². The van der Waals surface area contributed by atoms with Crippen LogP contribution in [-0.4, -0.2) is 54.2 Å². The number of ether oxygens (including phenoxy) is 1. The average molecular weight is 292 g/mol. The molecule has 0 saturated carbocycles. The Hall–Kier alpha value is -1.26. The van der Waals surface area contributed by atoms with Gasteiger partial charge in [-0.25, -0.2) is 0 Å². The summed E-state index contributed by atoms with van der Waals surface area (Å²) >= 11 is 0. The van der Waals surface area contributed by atoms with Crippen LogP contribution in [0.3, 0.4) is 0 Å². The lowest BCUT2D eigenvalue weighted by Crippen LogP contribution is -2.49. The van der Waals surface area contributed by atoms with Crippen LogP contribution in [0.15, 0.2) is 18.2 Å². The maximum absolute atomic E-state index is 9.70. The molecule has 0 aliphatic carbocycles. The van der Waals surface area contributed by atoms with Crippen molar-refractivity contribution in [1.29, 1.82) is 0 Å². The van der Waals surface area contributed by atoms with Crippen molar-refractivity contribution in [1.82, 2.24) is 9.80 Å². The molecule has 0 radical (unpaired) electrons. The highest BCUT2D eigenvalue weighted by Gasteiger charge is 2.24. The van der Waals surface area contributed by atoms with Crippen LogP contribution in [0, 0.1) is 0 Å². The summed E-state index contributed by atoms with van der Waals surface area (Å²) in [4.78, 5) is 5.07. The molecule has 0 aromatic heterocycles. The van der Waals surface area contributed by atoms with Gasteiger partial charge in [0.1, 0.15) is 0 Å². The molecule has 1 aromatic carbocycles. The van der Waals surface area contributed by atoms with Crippen LogP contribution in [-0.2, 0) is 0 Å². The number of rotatable bonds is 5. The molecule has 1 aromatic rings. The molecule has 21 heavy (non-hydrogen) atoms. The Morgan fingerprint density at radius 1 is 1.14 bits per heavy atom. The van der Waals surface area contributed by atoms with Crippen LogP contribution in [0.4, 0.5) is 0 Å². The summed E-state index contributed by atoms with van der Waals surface area (Å²) in [5.41, 5.74) is 1.20. The first-order valence-corrected chi connectivity index (χ1v) is 7.91. The van der Waals surface area contributed by atoms with Crippen LogP contribution in [0.2, 0.25) is 0 Å². The van der Waals surface area contributed by atoms with E-state index in [4.69, 9.17) is 4.74 Å². The number of phenols is 1. The second-order valence-corrected chi connectivity index (χ2v) is 5.94. The Morgan fingerprint density at radius 2 is 1.76 bits per heavy atom. The second-order valence-electron chi connectivity index (χ2n) is 5.94. The zero-order valence-corrected chi connectivity index (χ0v) is 13.7. The van der Waals surface area contributed by atoms with Gasteiger partial charge in [0.25, 0.3) is 0 Å². The quantitative estimate of drug-likeness (QED) is 0.905. The van der Waals surface area contributed by atoms with Gasteiger partial charge >= 0.3 is 0 Å². The number of hydrogen-bond acceptors (Lipinski definition) is 4. The van der Waals surface area contributed by atoms with Gasteiger partial charge in [0.15, 0.2) is 11.5 Å². The minimum atomic E-state index is 0.204. The molecule has 1 N–H and O–H groups in total. The number of piperazine rings is 1. The van der Waals surface area contributed by atoms with E-state index in [-0.39, 0.29) is 5.75 Å². The third kappa shape index (κ3) is 3.69. The summed E-state index contributed by atoms with van der Waals surface area (Å²) < 4.78 is 5.21. The number of hydrogen-bond donors (Lipinski definition) is 1. The van der Waals surface area contributed by atoms with E-state index in [1.54, 1.807) is 13.2 Å². The molecular weight excluding hydrogens is 264 g/mol. The van der Waals surface area contributed by atoms with Gasteiger partial charge < -0.3 is 9.84 Å². The van der Waals surface area contributed by atoms with E-state index < -0.39 is 0 Å². The minimum Gasteiger partial charge on any atom is -0.504 e. The van der Waals surface area contributed by atoms with Crippen LogP contribution in [0.1, 0.15) is 38.8 Å². The molecule has 1 fully saturated rings. The van der Waals surface area contributed by atoms with Crippen molar-refractivity contribution >= 4 is 0 Å². The minimum absolute atomic E-state index is 0.204. The van der Waals surface area contributed by atoms with E-state index in [9.17, 15) is 5.11 Å². The molecule has 2 atom stereocenters. The van der Waals surface area contributed by atoms with Crippen molar-refractivity contribution < 1.29 is 9.84 Å². The fraction of sp³-hybridized carbons (Fsp3) is 0.647. The number of phenolic OH excluding ortho intramolecular Hbond substituents is 1. The van der Waals surface area contributed by atoms with E-state index in [1.165, 1.54) is 12.0 Å². The molecule has 1 aliphatic heterocycles. The molecule has 4 heteroatoms. The topological polar surface area (TPSA) is 35.9 Å². The van der Waals surface area contributed by atoms with Gasteiger partial charge in [-0.2, -0.15) is 0 Å². The monoisotopic (exact) mass is 292 g/mol. The second kappa shape index (κ2) is 7.14. The number of aromatic hydroxyl groups is 1. The Kier molecular flexibility index (Phi) is 5.48. The molecule has 0 spiro atoms. The molecule has 2 rings (SSSR count). The third-order valence-corrected chi connectivity index (χ3v) is 4.80. The first-order chi connectivity index (χ1) is 10.1. The van der Waals surface area contributed by atoms with Crippen molar-refractivity contribution in [3.05, 3.63) is 23.8 Å². The Bertz CT molecular complexity index is 456. The van der Waals surface area contributed by atoms with Crippen molar-refractivity contribution in [2.45, 2.75) is 39.3 Å². The average Bonchev–Trinajstić information content (AvgIpc) is 2.54. The molecule has 1 aliphatic rings. The zero-order valence-electron chi connectivity index (χ0n) is 13.7. The van der Waals surface area contributed by atoms with E-state index in [0.29, 0.717) is 17.8 Å². The molecule has 0 bridgehead atoms. The van der Waals surface area contributed by atoms with Crippen molar-refractivity contribution in [2.75, 3.05) is 33.3 Å². The molecule has 118 valence electrons. The summed E-state index contributed by atoms with van der Waals surface area (Å²) in [6.07, 6.45) is 1.21. The summed E-state index contributed by atoms with van der Waals surface area (Å²) in [7, 11) is 1.59. The molecule has 1 heterocycles. The molecular formula is C17H28N2O2. The van der Waals surface area contributed by atoms with Gasteiger partial charge in [-0.15, -0.1) is 0 Å². The highest BCUT2D eigenvalue weighted by Crippen LogP contribution is 2.31. The van der Waals surface area contributed by atoms with Gasteiger partial charge in [-0.05, 0) is 38.0 Å². The molecule has 1 saturated heterocycles. The summed E-state index contributed by atoms with van der Waals surface area (Å²) in [5, 5.41) is 9.70. The highest BCUT2D eigenvalue weighted by molar-refractivity contribution is 5.42. The van der Waals surface area contributed by atoms with Crippen molar-refractivity contribution in [3.63, 3.8) is 0 Å². The Balaban J connectivity index is 2.00. The predicted molar refractivity (Wildman–Crippen MR) is 86.0 cm³/mol. The van der Waals surface area contributed by atoms with E-state index in [2.05, 4.69) is 30.6 Å². The van der Waals surface area contributed by atoms with Gasteiger partial charge in [0.05, 0.1) is 7.11 Å². The lowest BCUT2D eigenvalue weighted by Gasteiger charge is -2.40. The smallest absolute Gasteiger partial charge is 0.160 e. The van der Waals surface area contributed by atoms with Crippen molar-refractivity contribution in [2.24, 2.45) is 0 Å².